The molecule has 1 aromatic carbocycles. The highest BCUT2D eigenvalue weighted by molar-refractivity contribution is 7.21. The molecular formula is C16H21FN2O3S. The van der Waals surface area contributed by atoms with E-state index in [-0.39, 0.29) is 6.61 Å². The Morgan fingerprint density at radius 1 is 1.39 bits per heavy atom. The number of aryl methyl sites for hydroxylation is 1. The Morgan fingerprint density at radius 2 is 2.13 bits per heavy atom. The normalized spacial score (nSPS) is 11.0. The van der Waals surface area contributed by atoms with Crippen molar-refractivity contribution in [3.63, 3.8) is 0 Å². The molecule has 0 aliphatic rings. The maximum atomic E-state index is 12.0. The lowest BCUT2D eigenvalue weighted by Gasteiger charge is -2.21. The molecule has 126 valence electrons. The van der Waals surface area contributed by atoms with E-state index in [0.29, 0.717) is 23.7 Å². The number of alkyl halides is 1. The van der Waals surface area contributed by atoms with Crippen molar-refractivity contribution in [3.8, 4) is 0 Å². The van der Waals surface area contributed by atoms with E-state index in [0.717, 1.165) is 21.3 Å². The molecule has 2 rings (SSSR count). The third-order valence-corrected chi connectivity index (χ3v) is 4.77. The molecule has 0 radical (unpaired) electrons. The molecule has 0 bridgehead atoms. The molecule has 0 saturated heterocycles. The molecule has 0 aliphatic heterocycles. The number of hydrogen-bond donors (Lipinski definition) is 1. The van der Waals surface area contributed by atoms with Crippen LogP contribution in [0.1, 0.15) is 15.2 Å². The van der Waals surface area contributed by atoms with Gasteiger partial charge in [-0.25, -0.2) is 9.18 Å². The van der Waals surface area contributed by atoms with Crippen LogP contribution in [0.25, 0.3) is 10.1 Å². The van der Waals surface area contributed by atoms with Crippen molar-refractivity contribution in [2.75, 3.05) is 51.2 Å². The lowest BCUT2D eigenvalue weighted by atomic mass is 10.1. The number of halogens is 1. The number of esters is 1. The number of benzene rings is 1. The molecule has 0 fully saturated rings. The van der Waals surface area contributed by atoms with Crippen molar-refractivity contribution >= 4 is 38.8 Å². The standard InChI is InChI=1S/C16H21FN2O3S/c1-10-8-11-13(23-15(14(11)18)16(20)21-3)9-12(10)19(2)5-7-22-6-4-17/h8-9H,4-7,18H2,1-3H3. The van der Waals surface area contributed by atoms with Gasteiger partial charge in [0.25, 0.3) is 0 Å². The van der Waals surface area contributed by atoms with Crippen molar-refractivity contribution < 1.29 is 18.7 Å². The fourth-order valence-electron chi connectivity index (χ4n) is 2.39. The Bertz CT molecular complexity index is 702. The van der Waals surface area contributed by atoms with Crippen molar-refractivity contribution in [2.45, 2.75) is 6.92 Å². The van der Waals surface area contributed by atoms with Crippen LogP contribution < -0.4 is 10.6 Å². The fourth-order valence-corrected chi connectivity index (χ4v) is 3.45. The van der Waals surface area contributed by atoms with Crippen LogP contribution >= 0.6 is 11.3 Å². The second kappa shape index (κ2) is 7.61. The van der Waals surface area contributed by atoms with Gasteiger partial charge in [0, 0.05) is 29.4 Å². The van der Waals surface area contributed by atoms with Gasteiger partial charge in [-0.15, -0.1) is 11.3 Å². The molecule has 7 heteroatoms. The smallest absolute Gasteiger partial charge is 0.350 e. The van der Waals surface area contributed by atoms with Gasteiger partial charge >= 0.3 is 5.97 Å². The molecule has 0 atom stereocenters. The minimum Gasteiger partial charge on any atom is -0.465 e. The van der Waals surface area contributed by atoms with Crippen LogP contribution in [0, 0.1) is 6.92 Å². The number of thiophene rings is 1. The SMILES string of the molecule is COC(=O)c1sc2cc(N(C)CCOCCF)c(C)cc2c1N. The average molecular weight is 340 g/mol. The first-order valence-corrected chi connectivity index (χ1v) is 8.07. The summed E-state index contributed by atoms with van der Waals surface area (Å²) in [5, 5.41) is 0.860. The Balaban J connectivity index is 2.28. The third kappa shape index (κ3) is 3.73. The number of nitrogens with zero attached hydrogens (tertiary/aromatic N) is 1. The van der Waals surface area contributed by atoms with Gasteiger partial charge < -0.3 is 20.1 Å². The third-order valence-electron chi connectivity index (χ3n) is 3.62. The molecule has 0 unspecified atom stereocenters. The first kappa shape index (κ1) is 17.5. The number of carbonyl (C=O) groups excluding carboxylic acids is 1. The second-order valence-electron chi connectivity index (χ2n) is 5.19. The number of rotatable bonds is 7. The van der Waals surface area contributed by atoms with E-state index in [1.807, 2.05) is 31.0 Å². The monoisotopic (exact) mass is 340 g/mol. The van der Waals surface area contributed by atoms with Crippen LogP contribution in [0.2, 0.25) is 0 Å². The molecule has 1 heterocycles. The Hall–Kier alpha value is -1.86. The lowest BCUT2D eigenvalue weighted by molar-refractivity contribution is 0.0607. The predicted octanol–water partition coefficient (Wildman–Crippen LogP) is 3.00. The van der Waals surface area contributed by atoms with Gasteiger partial charge in [0.15, 0.2) is 0 Å². The zero-order valence-electron chi connectivity index (χ0n) is 13.5. The van der Waals surface area contributed by atoms with Gasteiger partial charge in [-0.2, -0.15) is 0 Å². The molecule has 0 aliphatic carbocycles. The van der Waals surface area contributed by atoms with Crippen molar-refractivity contribution in [1.82, 2.24) is 0 Å². The Morgan fingerprint density at radius 3 is 2.78 bits per heavy atom. The minimum absolute atomic E-state index is 0.121. The van der Waals surface area contributed by atoms with Crippen LogP contribution in [0.4, 0.5) is 15.8 Å². The minimum atomic E-state index is -0.473. The molecule has 0 spiro atoms. The number of likely N-dealkylation sites (N-methyl/N-ethyl adjacent to an activating group) is 1. The van der Waals surface area contributed by atoms with Crippen molar-refractivity contribution in [2.24, 2.45) is 0 Å². The molecule has 2 aromatic rings. The van der Waals surface area contributed by atoms with Crippen LogP contribution in [0.15, 0.2) is 12.1 Å². The number of fused-ring (bicyclic) bond motifs is 1. The average Bonchev–Trinajstić information content (AvgIpc) is 2.86. The highest BCUT2D eigenvalue weighted by Gasteiger charge is 2.18. The number of ether oxygens (including phenoxy) is 2. The molecule has 0 saturated carbocycles. The summed E-state index contributed by atoms with van der Waals surface area (Å²) in [7, 11) is 3.29. The number of hydrogen-bond acceptors (Lipinski definition) is 6. The highest BCUT2D eigenvalue weighted by Crippen LogP contribution is 2.37. The summed E-state index contributed by atoms with van der Waals surface area (Å²) in [6.45, 7) is 2.74. The fraction of sp³-hybridized carbons (Fsp3) is 0.438. The van der Waals surface area contributed by atoms with Gasteiger partial charge in [0.05, 0.1) is 26.0 Å². The summed E-state index contributed by atoms with van der Waals surface area (Å²) in [5.41, 5.74) is 8.60. The van der Waals surface area contributed by atoms with Gasteiger partial charge in [-0.05, 0) is 24.6 Å². The molecule has 2 N–H and O–H groups in total. The van der Waals surface area contributed by atoms with Crippen molar-refractivity contribution in [1.29, 1.82) is 0 Å². The number of carbonyl (C=O) groups is 1. The van der Waals surface area contributed by atoms with Gasteiger partial charge in [-0.3, -0.25) is 0 Å². The topological polar surface area (TPSA) is 64.8 Å². The first-order valence-electron chi connectivity index (χ1n) is 7.25. The van der Waals surface area contributed by atoms with E-state index in [4.69, 9.17) is 15.2 Å². The van der Waals surface area contributed by atoms with E-state index in [9.17, 15) is 9.18 Å². The Kier molecular flexibility index (Phi) is 5.79. The summed E-state index contributed by atoms with van der Waals surface area (Å²) < 4.78 is 22.9. The quantitative estimate of drug-likeness (QED) is 0.620. The van der Waals surface area contributed by atoms with E-state index in [1.165, 1.54) is 18.4 Å². The van der Waals surface area contributed by atoms with Crippen LogP contribution in [-0.2, 0) is 9.47 Å². The zero-order chi connectivity index (χ0) is 17.0. The summed E-state index contributed by atoms with van der Waals surface area (Å²) in [6.07, 6.45) is 0. The molecular weight excluding hydrogens is 319 g/mol. The summed E-state index contributed by atoms with van der Waals surface area (Å²) in [6, 6.07) is 3.98. The zero-order valence-corrected chi connectivity index (χ0v) is 14.3. The molecule has 23 heavy (non-hydrogen) atoms. The maximum absolute atomic E-state index is 12.0. The lowest BCUT2D eigenvalue weighted by Crippen LogP contribution is -2.23. The summed E-state index contributed by atoms with van der Waals surface area (Å²) >= 11 is 1.32. The molecule has 0 amide bonds. The molecule has 1 aromatic heterocycles. The Labute approximate surface area is 138 Å². The summed E-state index contributed by atoms with van der Waals surface area (Å²) in [5.74, 6) is -0.420. The summed E-state index contributed by atoms with van der Waals surface area (Å²) in [4.78, 5) is 14.2. The van der Waals surface area contributed by atoms with E-state index >= 15 is 0 Å². The second-order valence-corrected chi connectivity index (χ2v) is 6.25. The highest BCUT2D eigenvalue weighted by atomic mass is 32.1. The number of nitrogen functional groups attached to an aromatic ring is 1. The number of anilines is 2. The van der Waals surface area contributed by atoms with Crippen molar-refractivity contribution in [3.05, 3.63) is 22.6 Å². The largest absolute Gasteiger partial charge is 0.465 e. The number of methoxy groups -OCH3 is 1. The maximum Gasteiger partial charge on any atom is 0.350 e. The van der Waals surface area contributed by atoms with Gasteiger partial charge in [0.2, 0.25) is 0 Å². The van der Waals surface area contributed by atoms with Crippen LogP contribution in [-0.4, -0.2) is 46.6 Å². The van der Waals surface area contributed by atoms with Gasteiger partial charge in [-0.1, -0.05) is 0 Å². The van der Waals surface area contributed by atoms with E-state index in [2.05, 4.69) is 0 Å². The first-order chi connectivity index (χ1) is 11.0. The van der Waals surface area contributed by atoms with E-state index in [1.54, 1.807) is 0 Å². The van der Waals surface area contributed by atoms with E-state index < -0.39 is 12.6 Å². The molecule has 5 nitrogen and oxygen atoms in total. The predicted molar refractivity (Wildman–Crippen MR) is 92.4 cm³/mol. The van der Waals surface area contributed by atoms with Gasteiger partial charge in [0.1, 0.15) is 11.6 Å². The van der Waals surface area contributed by atoms with Crippen LogP contribution in [0.5, 0.6) is 0 Å². The van der Waals surface area contributed by atoms with Crippen LogP contribution in [0.3, 0.4) is 0 Å². The number of nitrogens with two attached hydrogens (primary N) is 1.